The van der Waals surface area contributed by atoms with Crippen molar-refractivity contribution in [1.29, 1.82) is 0 Å². The Bertz CT molecular complexity index is 133. The summed E-state index contributed by atoms with van der Waals surface area (Å²) in [5.74, 6) is 0.574. The SMILES string of the molecule is [N-]=[N+]=NCC1CCCNC1. The molecule has 1 rings (SSSR count). The van der Waals surface area contributed by atoms with Crippen LogP contribution in [0.2, 0.25) is 0 Å². The lowest BCUT2D eigenvalue weighted by molar-refractivity contribution is 0.385. The molecule has 1 heterocycles. The molecule has 4 nitrogen and oxygen atoms in total. The van der Waals surface area contributed by atoms with E-state index in [1.807, 2.05) is 0 Å². The van der Waals surface area contributed by atoms with Crippen LogP contribution in [0.5, 0.6) is 0 Å². The highest BCUT2D eigenvalue weighted by Gasteiger charge is 2.10. The first-order chi connectivity index (χ1) is 4.93. The summed E-state index contributed by atoms with van der Waals surface area (Å²) in [5.41, 5.74) is 8.03. The van der Waals surface area contributed by atoms with Gasteiger partial charge in [-0.3, -0.25) is 0 Å². The minimum absolute atomic E-state index is 0.574. The molecule has 1 N–H and O–H groups in total. The van der Waals surface area contributed by atoms with E-state index in [-0.39, 0.29) is 0 Å². The molecule has 0 aromatic rings. The van der Waals surface area contributed by atoms with Gasteiger partial charge < -0.3 is 5.32 Å². The van der Waals surface area contributed by atoms with Crippen molar-refractivity contribution in [1.82, 2.24) is 5.32 Å². The highest BCUT2D eigenvalue weighted by Crippen LogP contribution is 2.09. The third kappa shape index (κ3) is 2.25. The molecule has 0 amide bonds. The minimum Gasteiger partial charge on any atom is -0.316 e. The van der Waals surface area contributed by atoms with Crippen molar-refractivity contribution >= 4 is 0 Å². The number of rotatable bonds is 2. The molecule has 1 aliphatic heterocycles. The first-order valence-electron chi connectivity index (χ1n) is 3.65. The van der Waals surface area contributed by atoms with Crippen LogP contribution in [0, 0.1) is 5.92 Å². The average Bonchev–Trinajstić information content (AvgIpc) is 2.03. The quantitative estimate of drug-likeness (QED) is 0.350. The molecule has 0 saturated carbocycles. The highest BCUT2D eigenvalue weighted by molar-refractivity contribution is 4.70. The van der Waals surface area contributed by atoms with Crippen molar-refractivity contribution in [2.75, 3.05) is 19.6 Å². The molecule has 10 heavy (non-hydrogen) atoms. The van der Waals surface area contributed by atoms with Crippen LogP contribution in [0.4, 0.5) is 0 Å². The minimum atomic E-state index is 0.574. The Morgan fingerprint density at radius 2 is 2.60 bits per heavy atom. The monoisotopic (exact) mass is 140 g/mol. The maximum absolute atomic E-state index is 8.03. The predicted octanol–water partition coefficient (Wildman–Crippen LogP) is 1.30. The zero-order valence-electron chi connectivity index (χ0n) is 5.95. The highest BCUT2D eigenvalue weighted by atomic mass is 15.1. The fourth-order valence-electron chi connectivity index (χ4n) is 1.23. The summed E-state index contributed by atoms with van der Waals surface area (Å²) in [7, 11) is 0. The van der Waals surface area contributed by atoms with Gasteiger partial charge in [-0.1, -0.05) is 5.11 Å². The van der Waals surface area contributed by atoms with Gasteiger partial charge in [-0.05, 0) is 37.4 Å². The van der Waals surface area contributed by atoms with Crippen LogP contribution in [0.3, 0.4) is 0 Å². The fraction of sp³-hybridized carbons (Fsp3) is 1.00. The van der Waals surface area contributed by atoms with Crippen LogP contribution in [0.15, 0.2) is 5.11 Å². The second kappa shape index (κ2) is 4.14. The van der Waals surface area contributed by atoms with Crippen LogP contribution >= 0.6 is 0 Å². The Morgan fingerprint density at radius 1 is 1.70 bits per heavy atom. The predicted molar refractivity (Wildman–Crippen MR) is 39.6 cm³/mol. The van der Waals surface area contributed by atoms with Gasteiger partial charge in [0, 0.05) is 11.5 Å². The lowest BCUT2D eigenvalue weighted by Crippen LogP contribution is -2.31. The van der Waals surface area contributed by atoms with E-state index in [4.69, 9.17) is 5.53 Å². The first kappa shape index (κ1) is 7.38. The summed E-state index contributed by atoms with van der Waals surface area (Å²) in [5, 5.41) is 6.80. The van der Waals surface area contributed by atoms with Crippen molar-refractivity contribution < 1.29 is 0 Å². The van der Waals surface area contributed by atoms with Crippen LogP contribution in [0.25, 0.3) is 10.4 Å². The second-order valence-corrected chi connectivity index (χ2v) is 2.63. The Balaban J connectivity index is 2.19. The summed E-state index contributed by atoms with van der Waals surface area (Å²) in [6.45, 7) is 2.79. The van der Waals surface area contributed by atoms with E-state index in [1.54, 1.807) is 0 Å². The Labute approximate surface area is 60.2 Å². The fourth-order valence-corrected chi connectivity index (χ4v) is 1.23. The van der Waals surface area contributed by atoms with Crippen molar-refractivity contribution in [3.8, 4) is 0 Å². The maximum atomic E-state index is 8.03. The topological polar surface area (TPSA) is 60.8 Å². The van der Waals surface area contributed by atoms with E-state index in [9.17, 15) is 0 Å². The molecule has 56 valence electrons. The molecule has 0 aliphatic carbocycles. The van der Waals surface area contributed by atoms with Crippen LogP contribution in [-0.4, -0.2) is 19.6 Å². The van der Waals surface area contributed by atoms with Crippen molar-refractivity contribution in [3.05, 3.63) is 10.4 Å². The third-order valence-electron chi connectivity index (χ3n) is 1.80. The van der Waals surface area contributed by atoms with Gasteiger partial charge in [-0.15, -0.1) is 0 Å². The van der Waals surface area contributed by atoms with Crippen LogP contribution in [-0.2, 0) is 0 Å². The van der Waals surface area contributed by atoms with E-state index in [0.717, 1.165) is 13.1 Å². The number of azide groups is 1. The summed E-state index contributed by atoms with van der Waals surface area (Å²) < 4.78 is 0. The van der Waals surface area contributed by atoms with Gasteiger partial charge in [0.25, 0.3) is 0 Å². The first-order valence-corrected chi connectivity index (χ1v) is 3.65. The number of nitrogens with one attached hydrogen (secondary N) is 1. The third-order valence-corrected chi connectivity index (χ3v) is 1.80. The summed E-state index contributed by atoms with van der Waals surface area (Å²) in [6.07, 6.45) is 2.41. The number of nitrogens with zero attached hydrogens (tertiary/aromatic N) is 3. The Kier molecular flexibility index (Phi) is 3.06. The van der Waals surface area contributed by atoms with Crippen molar-refractivity contribution in [2.45, 2.75) is 12.8 Å². The molecule has 0 bridgehead atoms. The zero-order valence-corrected chi connectivity index (χ0v) is 5.95. The molecule has 4 heteroatoms. The molecule has 1 fully saturated rings. The lowest BCUT2D eigenvalue weighted by atomic mass is 10.0. The molecule has 1 saturated heterocycles. The largest absolute Gasteiger partial charge is 0.316 e. The molecule has 0 radical (unpaired) electrons. The van der Waals surface area contributed by atoms with E-state index >= 15 is 0 Å². The van der Waals surface area contributed by atoms with Gasteiger partial charge in [-0.25, -0.2) is 0 Å². The lowest BCUT2D eigenvalue weighted by Gasteiger charge is -2.20. The van der Waals surface area contributed by atoms with E-state index in [0.29, 0.717) is 12.5 Å². The smallest absolute Gasteiger partial charge is 0.0298 e. The summed E-state index contributed by atoms with van der Waals surface area (Å²) in [4.78, 5) is 2.73. The van der Waals surface area contributed by atoms with E-state index in [1.165, 1.54) is 12.8 Å². The molecule has 0 spiro atoms. The van der Waals surface area contributed by atoms with E-state index < -0.39 is 0 Å². The zero-order chi connectivity index (χ0) is 7.23. The average molecular weight is 140 g/mol. The molecule has 0 aromatic carbocycles. The van der Waals surface area contributed by atoms with Gasteiger partial charge >= 0.3 is 0 Å². The molecule has 1 atom stereocenters. The second-order valence-electron chi connectivity index (χ2n) is 2.63. The summed E-state index contributed by atoms with van der Waals surface area (Å²) in [6, 6.07) is 0. The van der Waals surface area contributed by atoms with Gasteiger partial charge in [-0.2, -0.15) is 0 Å². The molecule has 0 aromatic heterocycles. The van der Waals surface area contributed by atoms with Gasteiger partial charge in [0.15, 0.2) is 0 Å². The van der Waals surface area contributed by atoms with E-state index in [2.05, 4.69) is 15.3 Å². The molecule has 1 unspecified atom stereocenters. The number of hydrogen-bond acceptors (Lipinski definition) is 2. The molecular formula is C6H12N4. The van der Waals surface area contributed by atoms with Crippen LogP contribution in [0.1, 0.15) is 12.8 Å². The molecular weight excluding hydrogens is 128 g/mol. The van der Waals surface area contributed by atoms with Gasteiger partial charge in [0.05, 0.1) is 0 Å². The number of piperidine rings is 1. The van der Waals surface area contributed by atoms with Crippen molar-refractivity contribution in [2.24, 2.45) is 11.0 Å². The Morgan fingerprint density at radius 3 is 3.20 bits per heavy atom. The van der Waals surface area contributed by atoms with Crippen molar-refractivity contribution in [3.63, 3.8) is 0 Å². The van der Waals surface area contributed by atoms with Crippen LogP contribution < -0.4 is 5.32 Å². The normalized spacial score (nSPS) is 25.4. The van der Waals surface area contributed by atoms with Gasteiger partial charge in [0.1, 0.15) is 0 Å². The van der Waals surface area contributed by atoms with Gasteiger partial charge in [0.2, 0.25) is 0 Å². The standard InChI is InChI=1S/C6H12N4/c7-10-9-5-6-2-1-3-8-4-6/h6,8H,1-5H2. The molecule has 1 aliphatic rings. The summed E-state index contributed by atoms with van der Waals surface area (Å²) >= 11 is 0. The Hall–Kier alpha value is -0.730. The number of hydrogen-bond donors (Lipinski definition) is 1. The maximum Gasteiger partial charge on any atom is 0.0298 e.